The Morgan fingerprint density at radius 1 is 1.10 bits per heavy atom. The van der Waals surface area contributed by atoms with Gasteiger partial charge in [0.05, 0.1) is 35.3 Å². The second-order valence-corrected chi connectivity index (χ2v) is 15.9. The van der Waals surface area contributed by atoms with Crippen LogP contribution in [0.1, 0.15) is 77.3 Å². The minimum absolute atomic E-state index is 0.118. The molecule has 0 bridgehead atoms. The van der Waals surface area contributed by atoms with Crippen LogP contribution in [0, 0.1) is 17.3 Å². The van der Waals surface area contributed by atoms with E-state index in [-0.39, 0.29) is 24.3 Å². The summed E-state index contributed by atoms with van der Waals surface area (Å²) in [6.07, 6.45) is 3.90. The van der Waals surface area contributed by atoms with Crippen LogP contribution in [0.15, 0.2) is 30.3 Å². The molecule has 49 heavy (non-hydrogen) atoms. The van der Waals surface area contributed by atoms with Crippen molar-refractivity contribution in [2.45, 2.75) is 83.0 Å². The van der Waals surface area contributed by atoms with Crippen molar-refractivity contribution in [1.29, 1.82) is 0 Å². The van der Waals surface area contributed by atoms with Crippen molar-refractivity contribution in [3.63, 3.8) is 0 Å². The number of carbonyl (C=O) groups excluding carboxylic acids is 4. The first-order valence-electron chi connectivity index (χ1n) is 16.3. The summed E-state index contributed by atoms with van der Waals surface area (Å²) in [5.74, 6) is -2.64. The summed E-state index contributed by atoms with van der Waals surface area (Å²) in [7, 11) is 1.59. The van der Waals surface area contributed by atoms with Gasteiger partial charge in [-0.15, -0.1) is 0 Å². The van der Waals surface area contributed by atoms with Crippen molar-refractivity contribution >= 4 is 75.5 Å². The lowest BCUT2D eigenvalue weighted by molar-refractivity contribution is -0.152. The zero-order chi connectivity index (χ0) is 36.7. The van der Waals surface area contributed by atoms with Crippen LogP contribution >= 0.6 is 34.8 Å². The van der Waals surface area contributed by atoms with Gasteiger partial charge in [0.1, 0.15) is 18.7 Å². The summed E-state index contributed by atoms with van der Waals surface area (Å²) in [4.78, 5) is 58.8. The number of likely N-dealkylation sites (tertiary alicyclic amines) is 1. The highest BCUT2D eigenvalue weighted by Gasteiger charge is 2.35. The Morgan fingerprint density at radius 2 is 1.80 bits per heavy atom. The lowest BCUT2D eigenvalue weighted by atomic mass is 9.89. The first-order chi connectivity index (χ1) is 22.8. The third-order valence-corrected chi connectivity index (χ3v) is 8.66. The van der Waals surface area contributed by atoms with E-state index < -0.39 is 51.8 Å². The molecule has 0 spiro atoms. The van der Waals surface area contributed by atoms with E-state index in [1.54, 1.807) is 54.7 Å². The Labute approximate surface area is 303 Å². The molecule has 14 heteroatoms. The molecular weight excluding hydrogens is 695 g/mol. The normalized spacial score (nSPS) is 17.6. The number of hydrogen-bond acceptors (Lipinski definition) is 8. The van der Waals surface area contributed by atoms with Crippen LogP contribution in [0.4, 0.5) is 0 Å². The number of carbonyl (C=O) groups is 4. The van der Waals surface area contributed by atoms with Crippen LogP contribution in [-0.4, -0.2) is 81.4 Å². The molecule has 0 saturated carbocycles. The van der Waals surface area contributed by atoms with E-state index in [2.05, 4.69) is 15.6 Å². The predicted molar refractivity (Wildman–Crippen MR) is 191 cm³/mol. The van der Waals surface area contributed by atoms with Crippen molar-refractivity contribution in [3.05, 3.63) is 47.2 Å². The average molecular weight is 742 g/mol. The van der Waals surface area contributed by atoms with Crippen LogP contribution in [-0.2, 0) is 35.3 Å². The van der Waals surface area contributed by atoms with Crippen molar-refractivity contribution in [1.82, 2.24) is 20.5 Å². The van der Waals surface area contributed by atoms with Crippen molar-refractivity contribution in [3.8, 4) is 0 Å². The van der Waals surface area contributed by atoms with Gasteiger partial charge in [-0.1, -0.05) is 72.9 Å². The summed E-state index contributed by atoms with van der Waals surface area (Å²) >= 11 is 17.0. The molecule has 0 radical (unpaired) electrons. The smallest absolute Gasteiger partial charge is 0.310 e. The molecule has 1 aromatic carbocycles. The van der Waals surface area contributed by atoms with Gasteiger partial charge in [-0.25, -0.2) is 4.98 Å². The number of methoxy groups -OCH3 is 1. The third-order valence-electron chi connectivity index (χ3n) is 8.34. The van der Waals surface area contributed by atoms with Gasteiger partial charge in [-0.3, -0.25) is 19.2 Å². The van der Waals surface area contributed by atoms with E-state index in [0.29, 0.717) is 37.2 Å². The molecule has 3 amide bonds. The minimum atomic E-state index is -1.73. The summed E-state index contributed by atoms with van der Waals surface area (Å²) in [5, 5.41) is 16.7. The Balaban J connectivity index is 1.65. The monoisotopic (exact) mass is 740 g/mol. The third kappa shape index (κ3) is 11.5. The highest BCUT2D eigenvalue weighted by molar-refractivity contribution is 6.67. The molecule has 3 rings (SSSR count). The molecule has 1 aliphatic rings. The molecule has 1 aliphatic heterocycles. The first-order valence-corrected chi connectivity index (χ1v) is 17.4. The standard InChI is InChI=1S/C35H47Cl3N4O7/c1-20(2)28(30(44)39-21(3)31(45)42-14-8-9-25(17-42)32(46)49-19-35(36,37)38)41-33(47)34(5,6)13-12-23-10-11-24-16-26(18-48-7)29(22(4)43)40-27(24)15-23/h10-13,15-16,20-22,25,28,43H,8-9,14,17-19H2,1-7H3,(H,39,44)(H,41,47)/t21-,22+,25+,28-/m0/s1. The number of esters is 1. The highest BCUT2D eigenvalue weighted by Crippen LogP contribution is 2.28. The number of aliphatic hydroxyl groups is 1. The zero-order valence-corrected chi connectivity index (χ0v) is 31.3. The van der Waals surface area contributed by atoms with Gasteiger partial charge in [0, 0.05) is 31.1 Å². The predicted octanol–water partition coefficient (Wildman–Crippen LogP) is 5.27. The summed E-state index contributed by atoms with van der Waals surface area (Å²) < 4.78 is 8.63. The lowest BCUT2D eigenvalue weighted by Crippen LogP contribution is -2.57. The van der Waals surface area contributed by atoms with E-state index in [1.165, 1.54) is 4.90 Å². The molecule has 2 heterocycles. The molecule has 11 nitrogen and oxygen atoms in total. The molecule has 1 fully saturated rings. The fraction of sp³-hybridized carbons (Fsp3) is 0.571. The van der Waals surface area contributed by atoms with Crippen LogP contribution in [0.5, 0.6) is 0 Å². The Bertz CT molecular complexity index is 1540. The average Bonchev–Trinajstić information content (AvgIpc) is 3.03. The minimum Gasteiger partial charge on any atom is -0.461 e. The fourth-order valence-corrected chi connectivity index (χ4v) is 5.66. The van der Waals surface area contributed by atoms with E-state index in [4.69, 9.17) is 44.3 Å². The largest absolute Gasteiger partial charge is 0.461 e. The number of piperidine rings is 1. The molecule has 3 N–H and O–H groups in total. The van der Waals surface area contributed by atoms with Gasteiger partial charge >= 0.3 is 5.97 Å². The SMILES string of the molecule is COCc1cc2ccc(C=CC(C)(C)C(=O)N[C@H](C(=O)N[C@@H](C)C(=O)N3CCC[C@@H](C(=O)OCC(Cl)(Cl)Cl)C3)C(C)C)cc2nc1[C@@H](C)O. The topological polar surface area (TPSA) is 147 Å². The zero-order valence-electron chi connectivity index (χ0n) is 29.0. The van der Waals surface area contributed by atoms with Crippen molar-refractivity contribution < 1.29 is 33.8 Å². The molecule has 270 valence electrons. The van der Waals surface area contributed by atoms with E-state index in [9.17, 15) is 24.3 Å². The van der Waals surface area contributed by atoms with Crippen LogP contribution in [0.25, 0.3) is 17.0 Å². The maximum atomic E-state index is 13.5. The first kappa shape index (κ1) is 40.5. The summed E-state index contributed by atoms with van der Waals surface area (Å²) in [5.41, 5.74) is 1.85. The van der Waals surface area contributed by atoms with E-state index in [1.807, 2.05) is 30.3 Å². The number of ether oxygens (including phenoxy) is 2. The molecule has 4 atom stereocenters. The number of nitrogens with zero attached hydrogens (tertiary/aromatic N) is 2. The number of aromatic nitrogens is 1. The Morgan fingerprint density at radius 3 is 2.41 bits per heavy atom. The van der Waals surface area contributed by atoms with E-state index in [0.717, 1.165) is 16.5 Å². The number of alkyl halides is 3. The molecule has 0 unspecified atom stereocenters. The fourth-order valence-electron chi connectivity index (χ4n) is 5.50. The van der Waals surface area contributed by atoms with Gasteiger partial charge in [0.2, 0.25) is 21.5 Å². The number of rotatable bonds is 13. The molecular formula is C35H47Cl3N4O7. The quantitative estimate of drug-likeness (QED) is 0.186. The number of nitrogens with one attached hydrogen (secondary N) is 2. The van der Waals surface area contributed by atoms with Crippen LogP contribution in [0.3, 0.4) is 0 Å². The number of halogens is 3. The number of hydrogen-bond donors (Lipinski definition) is 3. The number of fused-ring (bicyclic) bond motifs is 1. The highest BCUT2D eigenvalue weighted by atomic mass is 35.6. The maximum absolute atomic E-state index is 13.5. The van der Waals surface area contributed by atoms with Crippen LogP contribution in [0.2, 0.25) is 0 Å². The molecule has 1 saturated heterocycles. The second kappa shape index (κ2) is 17.3. The van der Waals surface area contributed by atoms with Gasteiger partial charge in [0.15, 0.2) is 0 Å². The Kier molecular flexibility index (Phi) is 14.3. The lowest BCUT2D eigenvalue weighted by Gasteiger charge is -2.34. The van der Waals surface area contributed by atoms with Gasteiger partial charge in [0.25, 0.3) is 0 Å². The molecule has 1 aromatic heterocycles. The van der Waals surface area contributed by atoms with Crippen molar-refractivity contribution in [2.75, 3.05) is 26.8 Å². The summed E-state index contributed by atoms with van der Waals surface area (Å²) in [6, 6.07) is 5.84. The van der Waals surface area contributed by atoms with Gasteiger partial charge in [-0.2, -0.15) is 0 Å². The molecule has 2 aromatic rings. The summed E-state index contributed by atoms with van der Waals surface area (Å²) in [6.45, 7) is 10.8. The van der Waals surface area contributed by atoms with Gasteiger partial charge < -0.3 is 30.1 Å². The number of benzene rings is 1. The van der Waals surface area contributed by atoms with E-state index >= 15 is 0 Å². The number of amides is 3. The van der Waals surface area contributed by atoms with Crippen molar-refractivity contribution in [2.24, 2.45) is 17.3 Å². The Hall–Kier alpha value is -2.96. The number of pyridine rings is 1. The van der Waals surface area contributed by atoms with Gasteiger partial charge in [-0.05, 0) is 64.2 Å². The second-order valence-electron chi connectivity index (χ2n) is 13.4. The van der Waals surface area contributed by atoms with Crippen LogP contribution < -0.4 is 10.6 Å². The number of aliphatic hydroxyl groups excluding tert-OH is 1. The molecule has 0 aliphatic carbocycles. The maximum Gasteiger partial charge on any atom is 0.310 e.